The Morgan fingerprint density at radius 2 is 1.92 bits per heavy atom. The van der Waals surface area contributed by atoms with Crippen molar-refractivity contribution in [3.63, 3.8) is 0 Å². The van der Waals surface area contributed by atoms with Crippen LogP contribution < -0.4 is 9.47 Å². The first-order chi connectivity index (χ1) is 18.0. The van der Waals surface area contributed by atoms with Crippen molar-refractivity contribution in [2.75, 3.05) is 7.11 Å². The Bertz CT molecular complexity index is 1380. The molecular formula is C26H27F2N3O7. The second-order valence-corrected chi connectivity index (χ2v) is 9.87. The van der Waals surface area contributed by atoms with Crippen LogP contribution >= 0.6 is 0 Å². The van der Waals surface area contributed by atoms with Gasteiger partial charge in [-0.15, -0.1) is 5.10 Å². The van der Waals surface area contributed by atoms with E-state index in [9.17, 15) is 23.8 Å². The fourth-order valence-electron chi connectivity index (χ4n) is 4.90. The van der Waals surface area contributed by atoms with Gasteiger partial charge < -0.3 is 29.2 Å². The molecule has 0 aliphatic carbocycles. The quantitative estimate of drug-likeness (QED) is 0.377. The van der Waals surface area contributed by atoms with Crippen molar-refractivity contribution in [2.45, 2.75) is 63.4 Å². The van der Waals surface area contributed by atoms with Crippen LogP contribution in [0.5, 0.6) is 11.5 Å². The van der Waals surface area contributed by atoms with Crippen molar-refractivity contribution in [1.82, 2.24) is 15.0 Å². The summed E-state index contributed by atoms with van der Waals surface area (Å²) in [6.07, 6.45) is -2.98. The summed E-state index contributed by atoms with van der Waals surface area (Å²) >= 11 is 0. The minimum atomic E-state index is -1.39. The van der Waals surface area contributed by atoms with Crippen molar-refractivity contribution in [1.29, 1.82) is 0 Å². The van der Waals surface area contributed by atoms with Gasteiger partial charge >= 0.3 is 5.97 Å². The lowest BCUT2D eigenvalue weighted by molar-refractivity contribution is -0.306. The number of carbonyl (C=O) groups excluding carboxylic acids is 1. The third kappa shape index (κ3) is 4.53. The van der Waals surface area contributed by atoms with Crippen LogP contribution in [0, 0.1) is 18.6 Å². The number of aliphatic hydroxyl groups is 2. The maximum atomic E-state index is 14.2. The van der Waals surface area contributed by atoms with Gasteiger partial charge in [-0.25, -0.2) is 18.3 Å². The molecule has 0 spiro atoms. The summed E-state index contributed by atoms with van der Waals surface area (Å²) in [5.41, 5.74) is 0.436. The molecule has 2 aliphatic heterocycles. The second kappa shape index (κ2) is 9.70. The highest BCUT2D eigenvalue weighted by molar-refractivity contribution is 5.80. The molecule has 2 N–H and O–H groups in total. The number of halogens is 2. The first-order valence-electron chi connectivity index (χ1n) is 11.9. The summed E-state index contributed by atoms with van der Waals surface area (Å²) < 4.78 is 51.4. The van der Waals surface area contributed by atoms with E-state index in [0.29, 0.717) is 22.6 Å². The van der Waals surface area contributed by atoms with E-state index in [1.165, 1.54) is 24.1 Å². The Kier molecular flexibility index (Phi) is 6.68. The van der Waals surface area contributed by atoms with Crippen LogP contribution in [0.15, 0.2) is 36.5 Å². The van der Waals surface area contributed by atoms with Gasteiger partial charge in [-0.3, -0.25) is 0 Å². The van der Waals surface area contributed by atoms with Crippen LogP contribution in [0.3, 0.4) is 0 Å². The van der Waals surface area contributed by atoms with E-state index in [-0.39, 0.29) is 17.7 Å². The monoisotopic (exact) mass is 531 g/mol. The molecule has 38 heavy (non-hydrogen) atoms. The molecule has 1 unspecified atom stereocenters. The Morgan fingerprint density at radius 1 is 1.16 bits per heavy atom. The van der Waals surface area contributed by atoms with Gasteiger partial charge in [0.25, 0.3) is 0 Å². The summed E-state index contributed by atoms with van der Waals surface area (Å²) in [4.78, 5) is 12.9. The molecule has 1 fully saturated rings. The van der Waals surface area contributed by atoms with Crippen LogP contribution in [0.25, 0.3) is 11.3 Å². The van der Waals surface area contributed by atoms with Crippen molar-refractivity contribution in [2.24, 2.45) is 0 Å². The smallest absolute Gasteiger partial charge is 0.336 e. The molecule has 0 amide bonds. The summed E-state index contributed by atoms with van der Waals surface area (Å²) in [5, 5.41) is 29.0. The highest BCUT2D eigenvalue weighted by Crippen LogP contribution is 2.40. The molecule has 5 atom stereocenters. The molecular weight excluding hydrogens is 504 g/mol. The number of aromatic nitrogens is 3. The number of nitrogens with zero attached hydrogens (tertiary/aromatic N) is 3. The van der Waals surface area contributed by atoms with Gasteiger partial charge in [0.15, 0.2) is 6.04 Å². The van der Waals surface area contributed by atoms with Gasteiger partial charge in [0.1, 0.15) is 47.1 Å². The van der Waals surface area contributed by atoms with Gasteiger partial charge in [0.05, 0.1) is 11.8 Å². The summed E-state index contributed by atoms with van der Waals surface area (Å²) in [5.74, 6) is -1.52. The van der Waals surface area contributed by atoms with E-state index in [2.05, 4.69) is 10.3 Å². The minimum absolute atomic E-state index is 0.0529. The van der Waals surface area contributed by atoms with Gasteiger partial charge in [-0.1, -0.05) is 11.3 Å². The molecule has 1 aromatic heterocycles. The maximum Gasteiger partial charge on any atom is 0.336 e. The fourth-order valence-corrected chi connectivity index (χ4v) is 4.90. The van der Waals surface area contributed by atoms with Gasteiger partial charge in [0.2, 0.25) is 6.29 Å². The van der Waals surface area contributed by atoms with Crippen LogP contribution in [-0.4, -0.2) is 68.5 Å². The normalized spacial score (nSPS) is 26.5. The SMILES string of the molecule is CO[C@@H]1[C@@H](O)[C@@H](O)[C@H](Oc2ccc3c(c2C)OC(=O)C(n2cc(-c4ccc(F)cc4F)nn2)C3)OC1(C)C. The zero-order chi connectivity index (χ0) is 27.4. The molecule has 12 heteroatoms. The molecule has 2 aliphatic rings. The Morgan fingerprint density at radius 3 is 2.63 bits per heavy atom. The summed E-state index contributed by atoms with van der Waals surface area (Å²) in [6, 6.07) is 5.62. The molecule has 0 bridgehead atoms. The topological polar surface area (TPSA) is 125 Å². The molecule has 3 heterocycles. The second-order valence-electron chi connectivity index (χ2n) is 9.87. The largest absolute Gasteiger partial charge is 0.462 e. The first-order valence-corrected chi connectivity index (χ1v) is 11.9. The van der Waals surface area contributed by atoms with Crippen molar-refractivity contribution < 1.29 is 42.7 Å². The summed E-state index contributed by atoms with van der Waals surface area (Å²) in [7, 11) is 1.42. The lowest BCUT2D eigenvalue weighted by Crippen LogP contribution is -2.63. The Hall–Kier alpha value is -3.45. The molecule has 1 saturated heterocycles. The fraction of sp³-hybridized carbons (Fsp3) is 0.423. The standard InChI is InChI=1S/C26H27F2N3O7/c1-12-19(36-25-21(33)20(32)23(35-4)26(2,3)38-25)8-5-13-9-18(24(34)37-22(12)13)31-11-17(29-30-31)15-7-6-14(27)10-16(15)28/h5-8,10-11,18,20-21,23,25,32-33H,9H2,1-4H3/t18?,20-,21+,23+,25+/m0/s1. The highest BCUT2D eigenvalue weighted by atomic mass is 19.1. The van der Waals surface area contributed by atoms with Crippen molar-refractivity contribution in [3.8, 4) is 22.8 Å². The highest BCUT2D eigenvalue weighted by Gasteiger charge is 2.50. The van der Waals surface area contributed by atoms with Crippen molar-refractivity contribution >= 4 is 5.97 Å². The number of rotatable bonds is 5. The number of aliphatic hydroxyl groups excluding tert-OH is 2. The van der Waals surface area contributed by atoms with Crippen LogP contribution in [0.4, 0.5) is 8.78 Å². The number of hydrogen-bond donors (Lipinski definition) is 2. The lowest BCUT2D eigenvalue weighted by atomic mass is 9.89. The first kappa shape index (κ1) is 26.2. The molecule has 0 saturated carbocycles. The molecule has 3 aromatic rings. The average Bonchev–Trinajstić information content (AvgIpc) is 3.33. The third-order valence-corrected chi connectivity index (χ3v) is 6.90. The predicted molar refractivity (Wildman–Crippen MR) is 127 cm³/mol. The predicted octanol–water partition coefficient (Wildman–Crippen LogP) is 2.49. The maximum absolute atomic E-state index is 14.2. The molecule has 202 valence electrons. The van der Waals surface area contributed by atoms with Gasteiger partial charge in [-0.05, 0) is 44.5 Å². The Labute approximate surface area is 216 Å². The minimum Gasteiger partial charge on any atom is -0.462 e. The van der Waals surface area contributed by atoms with Crippen LogP contribution in [0.2, 0.25) is 0 Å². The number of ether oxygens (including phenoxy) is 4. The van der Waals surface area contributed by atoms with Gasteiger partial charge in [-0.2, -0.15) is 0 Å². The zero-order valence-electron chi connectivity index (χ0n) is 21.1. The zero-order valence-corrected chi connectivity index (χ0v) is 21.1. The number of benzene rings is 2. The average molecular weight is 532 g/mol. The number of methoxy groups -OCH3 is 1. The van der Waals surface area contributed by atoms with E-state index >= 15 is 0 Å². The number of esters is 1. The number of fused-ring (bicyclic) bond motifs is 1. The molecule has 5 rings (SSSR count). The van der Waals surface area contributed by atoms with E-state index in [1.807, 2.05) is 0 Å². The van der Waals surface area contributed by atoms with E-state index in [0.717, 1.165) is 12.1 Å². The molecule has 2 aromatic carbocycles. The number of carbonyl (C=O) groups is 1. The van der Waals surface area contributed by atoms with E-state index in [1.54, 1.807) is 32.9 Å². The van der Waals surface area contributed by atoms with E-state index in [4.69, 9.17) is 18.9 Å². The number of hydrogen-bond acceptors (Lipinski definition) is 9. The van der Waals surface area contributed by atoms with E-state index < -0.39 is 53.8 Å². The van der Waals surface area contributed by atoms with Crippen LogP contribution in [0.1, 0.15) is 31.0 Å². The van der Waals surface area contributed by atoms with Gasteiger partial charge in [0, 0.05) is 30.7 Å². The molecule has 0 radical (unpaired) electrons. The summed E-state index contributed by atoms with van der Waals surface area (Å²) in [6.45, 7) is 5.13. The lowest BCUT2D eigenvalue weighted by Gasteiger charge is -2.46. The Balaban J connectivity index is 1.36. The molecule has 10 nitrogen and oxygen atoms in total. The van der Waals surface area contributed by atoms with Crippen LogP contribution in [-0.2, 0) is 20.7 Å². The third-order valence-electron chi connectivity index (χ3n) is 6.90. The van der Waals surface area contributed by atoms with Crippen molar-refractivity contribution in [3.05, 3.63) is 59.3 Å².